The highest BCUT2D eigenvalue weighted by Gasteiger charge is 2.09. The molecule has 0 spiro atoms. The number of nitrogens with zero attached hydrogens (tertiary/aromatic N) is 1. The fourth-order valence-corrected chi connectivity index (χ4v) is 1.97. The lowest BCUT2D eigenvalue weighted by molar-refractivity contribution is 0.481. The summed E-state index contributed by atoms with van der Waals surface area (Å²) in [6, 6.07) is 5.64. The quantitative estimate of drug-likeness (QED) is 0.797. The van der Waals surface area contributed by atoms with Crippen LogP contribution in [0.4, 0.5) is 0 Å². The van der Waals surface area contributed by atoms with Gasteiger partial charge in [0.2, 0.25) is 0 Å². The molecule has 0 aliphatic heterocycles. The van der Waals surface area contributed by atoms with Crippen LogP contribution in [0, 0.1) is 0 Å². The predicted molar refractivity (Wildman–Crippen MR) is 62.2 cm³/mol. The molecule has 1 heterocycles. The van der Waals surface area contributed by atoms with E-state index in [1.54, 1.807) is 6.07 Å². The van der Waals surface area contributed by atoms with Gasteiger partial charge >= 0.3 is 0 Å². The van der Waals surface area contributed by atoms with Crippen molar-refractivity contribution in [3.05, 3.63) is 30.0 Å². The van der Waals surface area contributed by atoms with E-state index in [1.165, 1.54) is 5.56 Å². The Morgan fingerprint density at radius 3 is 2.93 bits per heavy atom. The molecule has 0 aliphatic carbocycles. The number of rotatable bonds is 3. The average molecular weight is 204 g/mol. The van der Waals surface area contributed by atoms with Gasteiger partial charge in [0.25, 0.3) is 0 Å². The maximum atomic E-state index is 9.83. The van der Waals surface area contributed by atoms with E-state index in [0.717, 1.165) is 23.9 Å². The van der Waals surface area contributed by atoms with Crippen molar-refractivity contribution in [3.63, 3.8) is 0 Å². The molecule has 0 atom stereocenters. The molecule has 2 rings (SSSR count). The Labute approximate surface area is 89.3 Å². The topological polar surface area (TPSA) is 37.2 Å². The number of phenolic OH excluding ortho intramolecular Hbond substituents is 1. The van der Waals surface area contributed by atoms with Crippen LogP contribution in [-0.2, 0) is 13.5 Å². The molecule has 0 bridgehead atoms. The van der Waals surface area contributed by atoms with Crippen LogP contribution in [0.1, 0.15) is 5.56 Å². The van der Waals surface area contributed by atoms with E-state index in [4.69, 9.17) is 0 Å². The summed E-state index contributed by atoms with van der Waals surface area (Å²) in [5.41, 5.74) is 2.28. The number of likely N-dealkylation sites (N-methyl/N-ethyl adjacent to an activating group) is 1. The molecule has 0 saturated heterocycles. The molecule has 15 heavy (non-hydrogen) atoms. The van der Waals surface area contributed by atoms with Crippen molar-refractivity contribution in [2.75, 3.05) is 13.6 Å². The number of hydrogen-bond acceptors (Lipinski definition) is 2. The molecular weight excluding hydrogens is 188 g/mol. The third kappa shape index (κ3) is 1.70. The summed E-state index contributed by atoms with van der Waals surface area (Å²) >= 11 is 0. The summed E-state index contributed by atoms with van der Waals surface area (Å²) in [7, 11) is 3.94. The van der Waals surface area contributed by atoms with E-state index in [0.29, 0.717) is 5.75 Å². The lowest BCUT2D eigenvalue weighted by Crippen LogP contribution is -2.09. The van der Waals surface area contributed by atoms with Crippen LogP contribution in [0.5, 0.6) is 5.75 Å². The Morgan fingerprint density at radius 1 is 1.40 bits per heavy atom. The maximum absolute atomic E-state index is 9.83. The SMILES string of the molecule is CNCCc1cn(C)c2cccc(O)c12. The number of nitrogens with one attached hydrogen (secondary N) is 1. The van der Waals surface area contributed by atoms with E-state index in [9.17, 15) is 5.11 Å². The van der Waals surface area contributed by atoms with E-state index < -0.39 is 0 Å². The fraction of sp³-hybridized carbons (Fsp3) is 0.333. The largest absolute Gasteiger partial charge is 0.507 e. The van der Waals surface area contributed by atoms with Crippen LogP contribution >= 0.6 is 0 Å². The molecule has 0 unspecified atom stereocenters. The molecule has 2 aromatic rings. The first kappa shape index (κ1) is 10.1. The smallest absolute Gasteiger partial charge is 0.125 e. The van der Waals surface area contributed by atoms with E-state index in [2.05, 4.69) is 16.1 Å². The van der Waals surface area contributed by atoms with Gasteiger partial charge in [-0.1, -0.05) is 6.07 Å². The Kier molecular flexibility index (Phi) is 2.64. The summed E-state index contributed by atoms with van der Waals surface area (Å²) in [6.07, 6.45) is 3.02. The van der Waals surface area contributed by atoms with E-state index >= 15 is 0 Å². The zero-order valence-electron chi connectivity index (χ0n) is 9.12. The molecule has 3 nitrogen and oxygen atoms in total. The van der Waals surface area contributed by atoms with Gasteiger partial charge in [0.15, 0.2) is 0 Å². The van der Waals surface area contributed by atoms with Crippen LogP contribution in [0.2, 0.25) is 0 Å². The van der Waals surface area contributed by atoms with E-state index in [1.807, 2.05) is 26.2 Å². The molecule has 80 valence electrons. The first-order valence-electron chi connectivity index (χ1n) is 5.14. The third-order valence-electron chi connectivity index (χ3n) is 2.72. The zero-order valence-corrected chi connectivity index (χ0v) is 9.12. The lowest BCUT2D eigenvalue weighted by atomic mass is 10.1. The summed E-state index contributed by atoms with van der Waals surface area (Å²) in [5, 5.41) is 13.9. The number of fused-ring (bicyclic) bond motifs is 1. The fourth-order valence-electron chi connectivity index (χ4n) is 1.97. The molecule has 2 N–H and O–H groups in total. The van der Waals surface area contributed by atoms with Gasteiger partial charge in [-0.15, -0.1) is 0 Å². The van der Waals surface area contributed by atoms with Crippen molar-refractivity contribution in [2.45, 2.75) is 6.42 Å². The number of aryl methyl sites for hydroxylation is 1. The van der Waals surface area contributed by atoms with Crippen molar-refractivity contribution in [1.29, 1.82) is 0 Å². The van der Waals surface area contributed by atoms with Gasteiger partial charge in [-0.25, -0.2) is 0 Å². The number of hydrogen-bond donors (Lipinski definition) is 2. The second-order valence-corrected chi connectivity index (χ2v) is 3.79. The van der Waals surface area contributed by atoms with Crippen LogP contribution in [0.15, 0.2) is 24.4 Å². The van der Waals surface area contributed by atoms with E-state index in [-0.39, 0.29) is 0 Å². The molecule has 0 amide bonds. The van der Waals surface area contributed by atoms with Crippen molar-refractivity contribution in [2.24, 2.45) is 7.05 Å². The highest BCUT2D eigenvalue weighted by atomic mass is 16.3. The third-order valence-corrected chi connectivity index (χ3v) is 2.72. The average Bonchev–Trinajstić information content (AvgIpc) is 2.55. The number of phenols is 1. The molecular formula is C12H16N2O. The highest BCUT2D eigenvalue weighted by Crippen LogP contribution is 2.29. The Balaban J connectivity index is 2.54. The predicted octanol–water partition coefficient (Wildman–Crippen LogP) is 1.65. The zero-order chi connectivity index (χ0) is 10.8. The molecule has 0 saturated carbocycles. The van der Waals surface area contributed by atoms with Crippen LogP contribution in [0.25, 0.3) is 10.9 Å². The first-order valence-corrected chi connectivity index (χ1v) is 5.14. The first-order chi connectivity index (χ1) is 7.24. The summed E-state index contributed by atoms with van der Waals surface area (Å²) in [5.74, 6) is 0.374. The van der Waals surface area contributed by atoms with Gasteiger partial charge in [0.1, 0.15) is 5.75 Å². The van der Waals surface area contributed by atoms with Crippen molar-refractivity contribution >= 4 is 10.9 Å². The van der Waals surface area contributed by atoms with Crippen molar-refractivity contribution < 1.29 is 5.11 Å². The highest BCUT2D eigenvalue weighted by molar-refractivity contribution is 5.89. The Morgan fingerprint density at radius 2 is 2.20 bits per heavy atom. The van der Waals surface area contributed by atoms with Crippen LogP contribution in [-0.4, -0.2) is 23.3 Å². The second kappa shape index (κ2) is 3.95. The molecule has 0 aliphatic rings. The van der Waals surface area contributed by atoms with Crippen LogP contribution in [0.3, 0.4) is 0 Å². The molecule has 0 fully saturated rings. The minimum atomic E-state index is 0.374. The van der Waals surface area contributed by atoms with Gasteiger partial charge in [0, 0.05) is 18.6 Å². The van der Waals surface area contributed by atoms with Gasteiger partial charge in [-0.3, -0.25) is 0 Å². The normalized spacial score (nSPS) is 11.1. The molecule has 0 radical (unpaired) electrons. The minimum absolute atomic E-state index is 0.374. The van der Waals surface area contributed by atoms with Gasteiger partial charge in [-0.2, -0.15) is 0 Å². The second-order valence-electron chi connectivity index (χ2n) is 3.79. The van der Waals surface area contributed by atoms with Gasteiger partial charge in [-0.05, 0) is 37.7 Å². The van der Waals surface area contributed by atoms with Crippen molar-refractivity contribution in [3.8, 4) is 5.75 Å². The van der Waals surface area contributed by atoms with Gasteiger partial charge < -0.3 is 15.0 Å². The number of aromatic hydroxyl groups is 1. The molecule has 1 aromatic carbocycles. The Bertz CT molecular complexity index is 474. The van der Waals surface area contributed by atoms with Crippen molar-refractivity contribution in [1.82, 2.24) is 9.88 Å². The van der Waals surface area contributed by atoms with Crippen LogP contribution < -0.4 is 5.32 Å². The Hall–Kier alpha value is -1.48. The standard InChI is InChI=1S/C12H16N2O/c1-13-7-6-9-8-14(2)10-4-3-5-11(15)12(9)10/h3-5,8,13,15H,6-7H2,1-2H3. The molecule has 3 heteroatoms. The lowest BCUT2D eigenvalue weighted by Gasteiger charge is -2.00. The number of benzene rings is 1. The monoisotopic (exact) mass is 204 g/mol. The minimum Gasteiger partial charge on any atom is -0.507 e. The summed E-state index contributed by atoms with van der Waals surface area (Å²) in [4.78, 5) is 0. The summed E-state index contributed by atoms with van der Waals surface area (Å²) < 4.78 is 2.06. The maximum Gasteiger partial charge on any atom is 0.125 e. The summed E-state index contributed by atoms with van der Waals surface area (Å²) in [6.45, 7) is 0.924. The number of aromatic nitrogens is 1. The van der Waals surface area contributed by atoms with Gasteiger partial charge in [0.05, 0.1) is 5.52 Å². The molecule has 1 aromatic heterocycles.